The highest BCUT2D eigenvalue weighted by Gasteiger charge is 2.19. The van der Waals surface area contributed by atoms with Crippen molar-refractivity contribution in [3.8, 4) is 5.75 Å². The van der Waals surface area contributed by atoms with Crippen molar-refractivity contribution in [1.82, 2.24) is 5.32 Å². The molecule has 0 fully saturated rings. The van der Waals surface area contributed by atoms with E-state index in [1.807, 2.05) is 12.1 Å². The fourth-order valence-electron chi connectivity index (χ4n) is 2.57. The summed E-state index contributed by atoms with van der Waals surface area (Å²) in [6.07, 6.45) is 0. The van der Waals surface area contributed by atoms with Gasteiger partial charge in [0.2, 0.25) is 0 Å². The molecule has 0 radical (unpaired) electrons. The third-order valence-electron chi connectivity index (χ3n) is 3.66. The van der Waals surface area contributed by atoms with Crippen LogP contribution in [0.3, 0.4) is 0 Å². The SMILES string of the molecule is COc1cccc(CNC2COCc3ccccc32)c1. The predicted molar refractivity (Wildman–Crippen MR) is 78.7 cm³/mol. The molecule has 0 amide bonds. The zero-order valence-corrected chi connectivity index (χ0v) is 11.6. The van der Waals surface area contributed by atoms with Crippen molar-refractivity contribution in [2.24, 2.45) is 0 Å². The molecule has 104 valence electrons. The van der Waals surface area contributed by atoms with Gasteiger partial charge in [0.15, 0.2) is 0 Å². The van der Waals surface area contributed by atoms with Gasteiger partial charge in [-0.15, -0.1) is 0 Å². The summed E-state index contributed by atoms with van der Waals surface area (Å²) in [5.41, 5.74) is 3.84. The van der Waals surface area contributed by atoms with E-state index < -0.39 is 0 Å². The second-order valence-electron chi connectivity index (χ2n) is 5.00. The number of hydrogen-bond acceptors (Lipinski definition) is 3. The maximum atomic E-state index is 5.65. The number of hydrogen-bond donors (Lipinski definition) is 1. The van der Waals surface area contributed by atoms with Crippen LogP contribution >= 0.6 is 0 Å². The molecule has 0 bridgehead atoms. The molecular weight excluding hydrogens is 250 g/mol. The smallest absolute Gasteiger partial charge is 0.119 e. The molecule has 3 nitrogen and oxygen atoms in total. The van der Waals surface area contributed by atoms with E-state index in [2.05, 4.69) is 41.7 Å². The highest BCUT2D eigenvalue weighted by molar-refractivity contribution is 5.32. The van der Waals surface area contributed by atoms with Crippen molar-refractivity contribution in [3.05, 3.63) is 65.2 Å². The van der Waals surface area contributed by atoms with Crippen LogP contribution in [0.25, 0.3) is 0 Å². The van der Waals surface area contributed by atoms with Gasteiger partial charge in [-0.1, -0.05) is 36.4 Å². The van der Waals surface area contributed by atoms with Gasteiger partial charge in [0.05, 0.1) is 26.4 Å². The summed E-state index contributed by atoms with van der Waals surface area (Å²) in [4.78, 5) is 0. The summed E-state index contributed by atoms with van der Waals surface area (Å²) in [7, 11) is 1.69. The fourth-order valence-corrected chi connectivity index (χ4v) is 2.57. The molecule has 0 aliphatic carbocycles. The standard InChI is InChI=1S/C17H19NO2/c1-19-15-7-4-5-13(9-15)10-18-17-12-20-11-14-6-2-3-8-16(14)17/h2-9,17-18H,10-12H2,1H3. The number of methoxy groups -OCH3 is 1. The molecule has 1 N–H and O–H groups in total. The number of fused-ring (bicyclic) bond motifs is 1. The van der Waals surface area contributed by atoms with E-state index in [4.69, 9.17) is 9.47 Å². The molecule has 1 aliphatic rings. The molecule has 3 rings (SSSR count). The first-order valence-corrected chi connectivity index (χ1v) is 6.88. The Kier molecular flexibility index (Phi) is 4.00. The summed E-state index contributed by atoms with van der Waals surface area (Å²) in [5.74, 6) is 0.893. The molecule has 20 heavy (non-hydrogen) atoms. The normalized spacial score (nSPS) is 17.6. The minimum atomic E-state index is 0.256. The lowest BCUT2D eigenvalue weighted by atomic mass is 9.99. The molecule has 1 heterocycles. The maximum Gasteiger partial charge on any atom is 0.119 e. The van der Waals surface area contributed by atoms with Crippen LogP contribution in [0.1, 0.15) is 22.7 Å². The number of rotatable bonds is 4. The van der Waals surface area contributed by atoms with Gasteiger partial charge in [0.25, 0.3) is 0 Å². The van der Waals surface area contributed by atoms with E-state index >= 15 is 0 Å². The average Bonchev–Trinajstić information content (AvgIpc) is 2.53. The maximum absolute atomic E-state index is 5.65. The van der Waals surface area contributed by atoms with Gasteiger partial charge in [0.1, 0.15) is 5.75 Å². The summed E-state index contributed by atoms with van der Waals surface area (Å²) in [6, 6.07) is 16.9. The number of nitrogens with one attached hydrogen (secondary N) is 1. The Balaban J connectivity index is 1.70. The second kappa shape index (κ2) is 6.07. The van der Waals surface area contributed by atoms with Gasteiger partial charge in [0, 0.05) is 6.54 Å². The van der Waals surface area contributed by atoms with Crippen LogP contribution in [0, 0.1) is 0 Å². The van der Waals surface area contributed by atoms with Crippen LogP contribution in [-0.4, -0.2) is 13.7 Å². The lowest BCUT2D eigenvalue weighted by molar-refractivity contribution is 0.0817. The molecule has 3 heteroatoms. The lowest BCUT2D eigenvalue weighted by Crippen LogP contribution is -2.29. The zero-order valence-electron chi connectivity index (χ0n) is 11.6. The third-order valence-corrected chi connectivity index (χ3v) is 3.66. The van der Waals surface area contributed by atoms with Crippen molar-refractivity contribution >= 4 is 0 Å². The van der Waals surface area contributed by atoms with E-state index in [1.54, 1.807) is 7.11 Å². The quantitative estimate of drug-likeness (QED) is 0.925. The van der Waals surface area contributed by atoms with Crippen LogP contribution < -0.4 is 10.1 Å². The molecule has 2 aromatic carbocycles. The van der Waals surface area contributed by atoms with Crippen molar-refractivity contribution in [1.29, 1.82) is 0 Å². The average molecular weight is 269 g/mol. The predicted octanol–water partition coefficient (Wildman–Crippen LogP) is 3.06. The van der Waals surface area contributed by atoms with Crippen molar-refractivity contribution < 1.29 is 9.47 Å². The molecule has 1 unspecified atom stereocenters. The summed E-state index contributed by atoms with van der Waals surface area (Å²) in [6.45, 7) is 2.24. The highest BCUT2D eigenvalue weighted by Crippen LogP contribution is 2.24. The summed E-state index contributed by atoms with van der Waals surface area (Å²) < 4.78 is 10.9. The molecule has 0 aromatic heterocycles. The van der Waals surface area contributed by atoms with Gasteiger partial charge in [-0.3, -0.25) is 0 Å². The lowest BCUT2D eigenvalue weighted by Gasteiger charge is -2.26. The van der Waals surface area contributed by atoms with Gasteiger partial charge < -0.3 is 14.8 Å². The monoisotopic (exact) mass is 269 g/mol. The second-order valence-corrected chi connectivity index (χ2v) is 5.00. The molecule has 0 saturated heterocycles. The van der Waals surface area contributed by atoms with Crippen molar-refractivity contribution in [2.45, 2.75) is 19.2 Å². The van der Waals surface area contributed by atoms with Gasteiger partial charge in [-0.05, 0) is 28.8 Å². The minimum absolute atomic E-state index is 0.256. The third kappa shape index (κ3) is 2.84. The number of benzene rings is 2. The Morgan fingerprint density at radius 2 is 2.10 bits per heavy atom. The first-order valence-electron chi connectivity index (χ1n) is 6.88. The Morgan fingerprint density at radius 1 is 1.20 bits per heavy atom. The van der Waals surface area contributed by atoms with E-state index in [1.165, 1.54) is 16.7 Å². The van der Waals surface area contributed by atoms with Gasteiger partial charge in [-0.25, -0.2) is 0 Å². The van der Waals surface area contributed by atoms with Gasteiger partial charge >= 0.3 is 0 Å². The molecule has 0 spiro atoms. The van der Waals surface area contributed by atoms with Crippen LogP contribution in [0.2, 0.25) is 0 Å². The Morgan fingerprint density at radius 3 is 3.00 bits per heavy atom. The minimum Gasteiger partial charge on any atom is -0.497 e. The van der Waals surface area contributed by atoms with E-state index in [-0.39, 0.29) is 6.04 Å². The topological polar surface area (TPSA) is 30.5 Å². The molecule has 2 aromatic rings. The van der Waals surface area contributed by atoms with E-state index in [0.29, 0.717) is 6.61 Å². The highest BCUT2D eigenvalue weighted by atomic mass is 16.5. The molecule has 0 saturated carbocycles. The number of ether oxygens (including phenoxy) is 2. The molecule has 1 aliphatic heterocycles. The molecule has 1 atom stereocenters. The van der Waals surface area contributed by atoms with Crippen molar-refractivity contribution in [3.63, 3.8) is 0 Å². The van der Waals surface area contributed by atoms with E-state index in [0.717, 1.165) is 18.9 Å². The van der Waals surface area contributed by atoms with E-state index in [9.17, 15) is 0 Å². The van der Waals surface area contributed by atoms with Crippen LogP contribution in [-0.2, 0) is 17.9 Å². The largest absolute Gasteiger partial charge is 0.497 e. The first kappa shape index (κ1) is 13.2. The van der Waals surface area contributed by atoms with Crippen molar-refractivity contribution in [2.75, 3.05) is 13.7 Å². The van der Waals surface area contributed by atoms with Crippen LogP contribution in [0.5, 0.6) is 5.75 Å². The zero-order chi connectivity index (χ0) is 13.8. The Hall–Kier alpha value is -1.84. The molecular formula is C17H19NO2. The first-order chi connectivity index (χ1) is 9.86. The fraction of sp³-hybridized carbons (Fsp3) is 0.294. The van der Waals surface area contributed by atoms with Crippen LogP contribution in [0.4, 0.5) is 0 Å². The Bertz CT molecular complexity index is 583. The Labute approximate surface area is 119 Å². The van der Waals surface area contributed by atoms with Gasteiger partial charge in [-0.2, -0.15) is 0 Å². The van der Waals surface area contributed by atoms with Crippen LogP contribution in [0.15, 0.2) is 48.5 Å². The summed E-state index contributed by atoms with van der Waals surface area (Å²) >= 11 is 0. The summed E-state index contributed by atoms with van der Waals surface area (Å²) in [5, 5.41) is 3.56.